The molecule has 1 saturated heterocycles. The zero-order chi connectivity index (χ0) is 21.3. The van der Waals surface area contributed by atoms with Crippen LogP contribution < -0.4 is 14.8 Å². The average molecular weight is 439 g/mol. The molecule has 0 radical (unpaired) electrons. The lowest BCUT2D eigenvalue weighted by atomic mass is 10.1. The van der Waals surface area contributed by atoms with Crippen LogP contribution in [0.1, 0.15) is 36.4 Å². The molecule has 1 fully saturated rings. The van der Waals surface area contributed by atoms with Gasteiger partial charge in [-0.15, -0.1) is 0 Å². The molecular weight excluding hydrogens is 412 g/mol. The van der Waals surface area contributed by atoms with Crippen molar-refractivity contribution < 1.29 is 13.2 Å². The predicted octanol–water partition coefficient (Wildman–Crippen LogP) is 3.76. The van der Waals surface area contributed by atoms with Gasteiger partial charge >= 0.3 is 0 Å². The van der Waals surface area contributed by atoms with Crippen LogP contribution in [-0.4, -0.2) is 32.7 Å². The van der Waals surface area contributed by atoms with Crippen molar-refractivity contribution in [2.45, 2.75) is 37.8 Å². The second-order valence-corrected chi connectivity index (χ2v) is 9.60. The van der Waals surface area contributed by atoms with Gasteiger partial charge in [0.15, 0.2) is 0 Å². The van der Waals surface area contributed by atoms with Crippen molar-refractivity contribution >= 4 is 32.6 Å². The van der Waals surface area contributed by atoms with Gasteiger partial charge in [0.2, 0.25) is 0 Å². The normalized spacial score (nSPS) is 19.3. The minimum Gasteiger partial charge on any atom is -0.381 e. The molecule has 8 heteroatoms. The summed E-state index contributed by atoms with van der Waals surface area (Å²) in [4.78, 5) is 4.72. The molecule has 3 aromatic rings. The van der Waals surface area contributed by atoms with Crippen LogP contribution in [-0.2, 0) is 21.4 Å². The standard InChI is InChI=1S/C23H26N4O3S/c28-31(29,26-18-11-13-30-14-12-18)27-19-7-9-21-17(15-19)6-10-23(24-21)25-22-8-5-16-3-1-2-4-20(16)22/h1-4,6-7,9-10,15,18,22,26-27H,5,8,11-14H2,(H,24,25)/t22-/m1/s1. The number of benzene rings is 2. The van der Waals surface area contributed by atoms with Crippen molar-refractivity contribution in [3.05, 3.63) is 65.7 Å². The third-order valence-electron chi connectivity index (χ3n) is 5.94. The lowest BCUT2D eigenvalue weighted by Crippen LogP contribution is -2.41. The number of nitrogens with zero attached hydrogens (tertiary/aromatic N) is 1. The number of hydrogen-bond donors (Lipinski definition) is 3. The van der Waals surface area contributed by atoms with E-state index in [9.17, 15) is 8.42 Å². The summed E-state index contributed by atoms with van der Waals surface area (Å²) in [6.07, 6.45) is 3.50. The molecule has 0 bridgehead atoms. The first-order valence-electron chi connectivity index (χ1n) is 10.7. The van der Waals surface area contributed by atoms with Gasteiger partial charge in [0.1, 0.15) is 5.82 Å². The smallest absolute Gasteiger partial charge is 0.299 e. The summed E-state index contributed by atoms with van der Waals surface area (Å²) in [7, 11) is -3.64. The van der Waals surface area contributed by atoms with Gasteiger partial charge in [-0.1, -0.05) is 24.3 Å². The van der Waals surface area contributed by atoms with Gasteiger partial charge in [-0.2, -0.15) is 13.1 Å². The fraction of sp³-hybridized carbons (Fsp3) is 0.348. The lowest BCUT2D eigenvalue weighted by Gasteiger charge is -2.23. The second-order valence-electron chi connectivity index (χ2n) is 8.15. The highest BCUT2D eigenvalue weighted by molar-refractivity contribution is 7.90. The summed E-state index contributed by atoms with van der Waals surface area (Å²) in [5.74, 6) is 0.823. The van der Waals surface area contributed by atoms with Gasteiger partial charge in [0, 0.05) is 24.6 Å². The van der Waals surface area contributed by atoms with Crippen LogP contribution in [0.15, 0.2) is 54.6 Å². The monoisotopic (exact) mass is 438 g/mol. The van der Waals surface area contributed by atoms with Crippen LogP contribution in [0.4, 0.5) is 11.5 Å². The van der Waals surface area contributed by atoms with Crippen molar-refractivity contribution in [3.8, 4) is 0 Å². The number of rotatable bonds is 6. The summed E-state index contributed by atoms with van der Waals surface area (Å²) in [6.45, 7) is 1.16. The summed E-state index contributed by atoms with van der Waals surface area (Å²) < 4.78 is 35.5. The minimum absolute atomic E-state index is 0.0947. The van der Waals surface area contributed by atoms with Crippen LogP contribution in [0, 0.1) is 0 Å². The van der Waals surface area contributed by atoms with Gasteiger partial charge < -0.3 is 10.1 Å². The number of anilines is 2. The molecule has 7 nitrogen and oxygen atoms in total. The van der Waals surface area contributed by atoms with Crippen LogP contribution in [0.5, 0.6) is 0 Å². The first kappa shape index (κ1) is 20.2. The molecule has 0 amide bonds. The van der Waals surface area contributed by atoms with E-state index in [-0.39, 0.29) is 12.1 Å². The van der Waals surface area contributed by atoms with Gasteiger partial charge in [-0.25, -0.2) is 4.98 Å². The number of aromatic nitrogens is 1. The van der Waals surface area contributed by atoms with Crippen molar-refractivity contribution in [3.63, 3.8) is 0 Å². The Hall–Kier alpha value is -2.68. The molecule has 162 valence electrons. The average Bonchev–Trinajstić information content (AvgIpc) is 3.17. The van der Waals surface area contributed by atoms with E-state index in [0.29, 0.717) is 31.7 Å². The van der Waals surface area contributed by atoms with E-state index in [2.05, 4.69) is 39.0 Å². The molecule has 1 aliphatic carbocycles. The highest BCUT2D eigenvalue weighted by Crippen LogP contribution is 2.33. The van der Waals surface area contributed by atoms with Crippen LogP contribution in [0.2, 0.25) is 0 Å². The van der Waals surface area contributed by atoms with E-state index in [1.165, 1.54) is 11.1 Å². The molecule has 0 spiro atoms. The Morgan fingerprint density at radius 1 is 0.968 bits per heavy atom. The fourth-order valence-electron chi connectivity index (χ4n) is 4.37. The molecule has 0 unspecified atom stereocenters. The summed E-state index contributed by atoms with van der Waals surface area (Å²) in [5.41, 5.74) is 4.06. The van der Waals surface area contributed by atoms with Crippen molar-refractivity contribution in [2.75, 3.05) is 23.3 Å². The molecule has 1 aromatic heterocycles. The van der Waals surface area contributed by atoms with E-state index in [1.807, 2.05) is 18.2 Å². The van der Waals surface area contributed by atoms with Gasteiger partial charge in [-0.05, 0) is 67.1 Å². The maximum atomic E-state index is 12.5. The van der Waals surface area contributed by atoms with Gasteiger partial charge in [-0.3, -0.25) is 4.72 Å². The molecular formula is C23H26N4O3S. The number of ether oxygens (including phenoxy) is 1. The van der Waals surface area contributed by atoms with Crippen molar-refractivity contribution in [2.24, 2.45) is 0 Å². The van der Waals surface area contributed by atoms with E-state index >= 15 is 0 Å². The Morgan fingerprint density at radius 2 is 1.81 bits per heavy atom. The number of pyridine rings is 1. The molecule has 2 heterocycles. The maximum absolute atomic E-state index is 12.5. The molecule has 2 aromatic carbocycles. The van der Waals surface area contributed by atoms with E-state index < -0.39 is 10.2 Å². The van der Waals surface area contributed by atoms with E-state index in [1.54, 1.807) is 12.1 Å². The van der Waals surface area contributed by atoms with Crippen LogP contribution in [0.3, 0.4) is 0 Å². The van der Waals surface area contributed by atoms with Crippen LogP contribution >= 0.6 is 0 Å². The first-order chi connectivity index (χ1) is 15.1. The third kappa shape index (κ3) is 4.66. The molecule has 3 N–H and O–H groups in total. The maximum Gasteiger partial charge on any atom is 0.299 e. The van der Waals surface area contributed by atoms with E-state index in [4.69, 9.17) is 9.72 Å². The number of nitrogens with one attached hydrogen (secondary N) is 3. The number of hydrogen-bond acceptors (Lipinski definition) is 5. The summed E-state index contributed by atoms with van der Waals surface area (Å²) >= 11 is 0. The first-order valence-corrected chi connectivity index (χ1v) is 12.2. The van der Waals surface area contributed by atoms with Crippen LogP contribution in [0.25, 0.3) is 10.9 Å². The molecule has 5 rings (SSSR count). The topological polar surface area (TPSA) is 92.4 Å². The Morgan fingerprint density at radius 3 is 2.68 bits per heavy atom. The molecule has 2 aliphatic rings. The second kappa shape index (κ2) is 8.45. The molecule has 1 aliphatic heterocycles. The van der Waals surface area contributed by atoms with Gasteiger partial charge in [0.25, 0.3) is 10.2 Å². The Kier molecular flexibility index (Phi) is 5.52. The van der Waals surface area contributed by atoms with Crippen molar-refractivity contribution in [1.29, 1.82) is 0 Å². The summed E-state index contributed by atoms with van der Waals surface area (Å²) in [6, 6.07) is 18.0. The quantitative estimate of drug-likeness (QED) is 0.545. The highest BCUT2D eigenvalue weighted by Gasteiger charge is 2.22. The zero-order valence-corrected chi connectivity index (χ0v) is 18.0. The number of fused-ring (bicyclic) bond motifs is 2. The minimum atomic E-state index is -3.64. The Balaban J connectivity index is 1.29. The third-order valence-corrected chi connectivity index (χ3v) is 7.09. The fourth-order valence-corrected chi connectivity index (χ4v) is 5.55. The Labute approximate surface area is 182 Å². The predicted molar refractivity (Wildman–Crippen MR) is 122 cm³/mol. The van der Waals surface area contributed by atoms with Gasteiger partial charge in [0.05, 0.1) is 17.2 Å². The lowest BCUT2D eigenvalue weighted by molar-refractivity contribution is 0.0832. The van der Waals surface area contributed by atoms with Crippen molar-refractivity contribution in [1.82, 2.24) is 9.71 Å². The van der Waals surface area contributed by atoms with E-state index in [0.717, 1.165) is 29.6 Å². The molecule has 0 saturated carbocycles. The largest absolute Gasteiger partial charge is 0.381 e. The number of aryl methyl sites for hydroxylation is 1. The molecule has 1 atom stereocenters. The SMILES string of the molecule is O=S(=O)(Nc1ccc2nc(N[C@@H]3CCc4ccccc43)ccc2c1)NC1CCOCC1. The highest BCUT2D eigenvalue weighted by atomic mass is 32.2. The Bertz CT molecular complexity index is 1190. The zero-order valence-electron chi connectivity index (χ0n) is 17.2. The molecule has 31 heavy (non-hydrogen) atoms. The summed E-state index contributed by atoms with van der Waals surface area (Å²) in [5, 5.41) is 4.42.